The number of hydrogen-bond donors (Lipinski definition) is 0. The molecular weight excluding hydrogens is 192 g/mol. The highest BCUT2D eigenvalue weighted by Gasteiger charge is 2.23. The zero-order chi connectivity index (χ0) is 9.97. The van der Waals surface area contributed by atoms with Crippen LogP contribution in [0.1, 0.15) is 32.6 Å². The molecule has 0 nitrogen and oxygen atoms in total. The fraction of sp³-hybridized carbons (Fsp3) is 0.462. The lowest BCUT2D eigenvalue weighted by Gasteiger charge is -2.20. The number of rotatable bonds is 0. The van der Waals surface area contributed by atoms with Crippen LogP contribution in [-0.2, 0) is 0 Å². The molecule has 1 fully saturated rings. The summed E-state index contributed by atoms with van der Waals surface area (Å²) in [7, 11) is 0. The first kappa shape index (κ1) is 9.92. The summed E-state index contributed by atoms with van der Waals surface area (Å²) in [4.78, 5) is 0. The van der Waals surface area contributed by atoms with Crippen LogP contribution in [0.15, 0.2) is 34.4 Å². The molecule has 1 atom stereocenters. The Bertz CT molecular complexity index is 307. The molecule has 0 saturated heterocycles. The third-order valence-electron chi connectivity index (χ3n) is 3.12. The molecule has 74 valence electrons. The fourth-order valence-electron chi connectivity index (χ4n) is 2.30. The van der Waals surface area contributed by atoms with Gasteiger partial charge < -0.3 is 0 Å². The summed E-state index contributed by atoms with van der Waals surface area (Å²) in [5.74, 6) is 0.738. The van der Waals surface area contributed by atoms with Crippen molar-refractivity contribution in [2.75, 3.05) is 0 Å². The van der Waals surface area contributed by atoms with Crippen molar-refractivity contribution >= 4 is 11.6 Å². The summed E-state index contributed by atoms with van der Waals surface area (Å²) >= 11 is 6.00. The van der Waals surface area contributed by atoms with E-state index in [1.807, 2.05) is 12.2 Å². The second-order valence-corrected chi connectivity index (χ2v) is 4.62. The molecule has 0 N–H and O–H groups in total. The molecular formula is C13H16Cl+. The van der Waals surface area contributed by atoms with Gasteiger partial charge in [0.05, 0.1) is 11.6 Å². The van der Waals surface area contributed by atoms with Crippen LogP contribution in [-0.4, -0.2) is 0 Å². The van der Waals surface area contributed by atoms with Crippen molar-refractivity contribution in [1.82, 2.24) is 0 Å². The predicted molar refractivity (Wildman–Crippen MR) is 62.0 cm³/mol. The molecule has 0 bridgehead atoms. The molecule has 0 heterocycles. The van der Waals surface area contributed by atoms with Crippen LogP contribution >= 0.6 is 11.6 Å². The Morgan fingerprint density at radius 3 is 3.00 bits per heavy atom. The van der Waals surface area contributed by atoms with E-state index in [1.165, 1.54) is 31.3 Å². The predicted octanol–water partition coefficient (Wildman–Crippen LogP) is 4.39. The normalized spacial score (nSPS) is 32.4. The fourth-order valence-corrected chi connectivity index (χ4v) is 2.49. The van der Waals surface area contributed by atoms with Crippen molar-refractivity contribution in [2.24, 2.45) is 5.92 Å². The summed E-state index contributed by atoms with van der Waals surface area (Å²) in [6.45, 7) is 2.33. The highest BCUT2D eigenvalue weighted by atomic mass is 35.5. The molecule has 2 aliphatic carbocycles. The van der Waals surface area contributed by atoms with Gasteiger partial charge in [-0.3, -0.25) is 0 Å². The molecule has 0 aromatic carbocycles. The van der Waals surface area contributed by atoms with Crippen LogP contribution in [0.3, 0.4) is 0 Å². The van der Waals surface area contributed by atoms with Crippen LogP contribution in [0.4, 0.5) is 0 Å². The van der Waals surface area contributed by atoms with Crippen LogP contribution in [0.5, 0.6) is 0 Å². The van der Waals surface area contributed by atoms with E-state index in [0.717, 1.165) is 11.0 Å². The van der Waals surface area contributed by atoms with Gasteiger partial charge in [0.2, 0.25) is 0 Å². The average Bonchev–Trinajstić information content (AvgIpc) is 2.18. The van der Waals surface area contributed by atoms with E-state index in [4.69, 9.17) is 11.6 Å². The van der Waals surface area contributed by atoms with Crippen molar-refractivity contribution in [3.8, 4) is 0 Å². The maximum atomic E-state index is 6.00. The molecule has 0 amide bonds. The van der Waals surface area contributed by atoms with Gasteiger partial charge in [0.1, 0.15) is 5.03 Å². The lowest BCUT2D eigenvalue weighted by atomic mass is 9.81. The average molecular weight is 208 g/mol. The summed E-state index contributed by atoms with van der Waals surface area (Å²) < 4.78 is 0. The molecule has 0 aliphatic heterocycles. The quantitative estimate of drug-likeness (QED) is 0.517. The third kappa shape index (κ3) is 2.06. The molecule has 1 heteroatoms. The van der Waals surface area contributed by atoms with E-state index >= 15 is 0 Å². The van der Waals surface area contributed by atoms with Gasteiger partial charge in [0.15, 0.2) is 0 Å². The minimum atomic E-state index is 0.738. The maximum Gasteiger partial charge on any atom is 0.124 e. The first-order chi connectivity index (χ1) is 6.77. The standard InChI is InChI=1S/C13H16Cl/c1-10-5-2-3-8-13(10)11-6-4-7-12(14)9-11/h4,6-7,9-10H,2-3,5,8H2,1H3/q+1/b13-11+. The van der Waals surface area contributed by atoms with E-state index < -0.39 is 0 Å². The van der Waals surface area contributed by atoms with Crippen molar-refractivity contribution in [2.45, 2.75) is 32.6 Å². The molecule has 0 radical (unpaired) electrons. The Hall–Kier alpha value is -0.620. The number of allylic oxidation sites excluding steroid dienone is 6. The second kappa shape index (κ2) is 4.27. The third-order valence-corrected chi connectivity index (χ3v) is 3.36. The first-order valence-electron chi connectivity index (χ1n) is 5.39. The largest absolute Gasteiger partial charge is 0.124 e. The molecule has 0 aromatic heterocycles. The summed E-state index contributed by atoms with van der Waals surface area (Å²) in [5.41, 5.74) is 2.95. The highest BCUT2D eigenvalue weighted by Crippen LogP contribution is 2.34. The molecule has 0 spiro atoms. The Labute approximate surface area is 91.3 Å². The smallest absolute Gasteiger partial charge is 0.0604 e. The SMILES string of the molecule is CC1CCCC/C1=C1\C=C(Cl)C=C[CH+]1. The van der Waals surface area contributed by atoms with Crippen LogP contribution < -0.4 is 0 Å². The van der Waals surface area contributed by atoms with Crippen LogP contribution in [0.25, 0.3) is 0 Å². The van der Waals surface area contributed by atoms with Gasteiger partial charge in [-0.1, -0.05) is 18.0 Å². The minimum Gasteiger partial charge on any atom is -0.0604 e. The minimum absolute atomic E-state index is 0.738. The van der Waals surface area contributed by atoms with Gasteiger partial charge in [0.25, 0.3) is 0 Å². The summed E-state index contributed by atoms with van der Waals surface area (Å²) in [5, 5.41) is 0.854. The second-order valence-electron chi connectivity index (χ2n) is 4.18. The lowest BCUT2D eigenvalue weighted by molar-refractivity contribution is 0.481. The Kier molecular flexibility index (Phi) is 3.02. The van der Waals surface area contributed by atoms with Gasteiger partial charge in [-0.05, 0) is 19.8 Å². The van der Waals surface area contributed by atoms with E-state index in [9.17, 15) is 0 Å². The van der Waals surface area contributed by atoms with Gasteiger partial charge >= 0.3 is 0 Å². The Balaban J connectivity index is 2.25. The molecule has 0 aromatic rings. The monoisotopic (exact) mass is 207 g/mol. The van der Waals surface area contributed by atoms with E-state index in [-0.39, 0.29) is 0 Å². The lowest BCUT2D eigenvalue weighted by Crippen LogP contribution is -2.09. The Morgan fingerprint density at radius 2 is 2.29 bits per heavy atom. The first-order valence-corrected chi connectivity index (χ1v) is 5.77. The highest BCUT2D eigenvalue weighted by molar-refractivity contribution is 6.31. The molecule has 2 aliphatic rings. The number of hydrogen-bond acceptors (Lipinski definition) is 0. The van der Waals surface area contributed by atoms with Gasteiger partial charge in [-0.25, -0.2) is 0 Å². The maximum absolute atomic E-state index is 6.00. The van der Waals surface area contributed by atoms with Crippen molar-refractivity contribution in [3.63, 3.8) is 0 Å². The molecule has 1 unspecified atom stereocenters. The summed E-state index contributed by atoms with van der Waals surface area (Å²) in [6, 6.07) is 0. The zero-order valence-corrected chi connectivity index (χ0v) is 9.35. The van der Waals surface area contributed by atoms with Gasteiger partial charge in [-0.2, -0.15) is 0 Å². The Morgan fingerprint density at radius 1 is 1.43 bits per heavy atom. The summed E-state index contributed by atoms with van der Waals surface area (Å²) in [6.07, 6.45) is 13.6. The van der Waals surface area contributed by atoms with Crippen molar-refractivity contribution in [3.05, 3.63) is 40.8 Å². The topological polar surface area (TPSA) is 0 Å². The van der Waals surface area contributed by atoms with Crippen molar-refractivity contribution in [1.29, 1.82) is 0 Å². The molecule has 1 saturated carbocycles. The zero-order valence-electron chi connectivity index (χ0n) is 8.59. The van der Waals surface area contributed by atoms with Gasteiger partial charge in [-0.15, -0.1) is 0 Å². The molecule has 14 heavy (non-hydrogen) atoms. The van der Waals surface area contributed by atoms with Crippen LogP contribution in [0.2, 0.25) is 0 Å². The van der Waals surface area contributed by atoms with Crippen LogP contribution in [0, 0.1) is 12.3 Å². The molecule has 2 rings (SSSR count). The van der Waals surface area contributed by atoms with Gasteiger partial charge in [0, 0.05) is 36.5 Å². The van der Waals surface area contributed by atoms with Crippen molar-refractivity contribution < 1.29 is 0 Å². The van der Waals surface area contributed by atoms with E-state index in [0.29, 0.717) is 0 Å². The number of halogens is 1. The van der Waals surface area contributed by atoms with E-state index in [1.54, 1.807) is 5.57 Å². The van der Waals surface area contributed by atoms with E-state index in [2.05, 4.69) is 19.4 Å².